The quantitative estimate of drug-likeness (QED) is 0.283. The first kappa shape index (κ1) is 18.5. The molecule has 0 fully saturated rings. The molecule has 0 heterocycles. The van der Waals surface area contributed by atoms with Gasteiger partial charge in [-0.2, -0.15) is 0 Å². The van der Waals surface area contributed by atoms with Crippen molar-refractivity contribution in [2.45, 2.75) is 38.4 Å². The number of hydrogen-bond donors (Lipinski definition) is 0. The Kier molecular flexibility index (Phi) is 9.02. The monoisotopic (exact) mass is 328 g/mol. The summed E-state index contributed by atoms with van der Waals surface area (Å²) in [5.41, 5.74) is 1.16. The summed E-state index contributed by atoms with van der Waals surface area (Å²) in [6.07, 6.45) is 4.80. The van der Waals surface area contributed by atoms with Crippen molar-refractivity contribution in [3.05, 3.63) is 48.6 Å². The highest BCUT2D eigenvalue weighted by Gasteiger charge is 2.30. The van der Waals surface area contributed by atoms with Gasteiger partial charge in [-0.25, -0.2) is 4.57 Å². The fraction of sp³-hybridized carbons (Fsp3) is 0.500. The summed E-state index contributed by atoms with van der Waals surface area (Å²) in [4.78, 5) is 0. The standard InChI is InChI=1S/C16H25O3PS/c1-4-7-9-14-16(15-12-10-8-11-13-15)21-20(17,18-5-2)19-6-3/h4,8,10-13,16H,1,5-7,9,14H2,2-3H3. The van der Waals surface area contributed by atoms with Gasteiger partial charge in [-0.1, -0.05) is 36.4 Å². The van der Waals surface area contributed by atoms with Gasteiger partial charge in [-0.05, 0) is 50.1 Å². The summed E-state index contributed by atoms with van der Waals surface area (Å²) in [7, 11) is 0. The van der Waals surface area contributed by atoms with E-state index in [1.165, 1.54) is 11.4 Å². The van der Waals surface area contributed by atoms with Crippen LogP contribution in [0.3, 0.4) is 0 Å². The Morgan fingerprint density at radius 1 is 1.24 bits per heavy atom. The van der Waals surface area contributed by atoms with Crippen molar-refractivity contribution in [2.75, 3.05) is 13.2 Å². The summed E-state index contributed by atoms with van der Waals surface area (Å²) in [6, 6.07) is 10.1. The molecule has 1 rings (SSSR count). The molecule has 1 aromatic rings. The maximum atomic E-state index is 12.7. The molecule has 0 saturated carbocycles. The highest BCUT2D eigenvalue weighted by molar-refractivity contribution is 8.55. The van der Waals surface area contributed by atoms with Gasteiger partial charge in [0.1, 0.15) is 0 Å². The van der Waals surface area contributed by atoms with Crippen LogP contribution < -0.4 is 0 Å². The lowest BCUT2D eigenvalue weighted by atomic mass is 10.1. The van der Waals surface area contributed by atoms with Gasteiger partial charge in [0.25, 0.3) is 0 Å². The maximum Gasteiger partial charge on any atom is 0.389 e. The maximum absolute atomic E-state index is 12.7. The second kappa shape index (κ2) is 10.2. The molecule has 0 aromatic heterocycles. The molecule has 0 aliphatic carbocycles. The fourth-order valence-corrected chi connectivity index (χ4v) is 6.27. The molecule has 0 spiro atoms. The minimum Gasteiger partial charge on any atom is -0.301 e. The van der Waals surface area contributed by atoms with E-state index in [1.54, 1.807) is 0 Å². The van der Waals surface area contributed by atoms with Gasteiger partial charge in [0.05, 0.1) is 13.2 Å². The number of hydrogen-bond acceptors (Lipinski definition) is 4. The second-order valence-electron chi connectivity index (χ2n) is 4.51. The van der Waals surface area contributed by atoms with Crippen molar-refractivity contribution >= 4 is 18.2 Å². The van der Waals surface area contributed by atoms with E-state index in [9.17, 15) is 4.57 Å². The van der Waals surface area contributed by atoms with Gasteiger partial charge in [0, 0.05) is 5.25 Å². The van der Waals surface area contributed by atoms with E-state index in [-0.39, 0.29) is 5.25 Å². The Hall–Kier alpha value is -0.540. The third-order valence-corrected chi connectivity index (χ3v) is 7.22. The van der Waals surface area contributed by atoms with E-state index in [0.29, 0.717) is 13.2 Å². The van der Waals surface area contributed by atoms with Crippen molar-refractivity contribution in [2.24, 2.45) is 0 Å². The third kappa shape index (κ3) is 6.84. The minimum absolute atomic E-state index is 0.107. The van der Waals surface area contributed by atoms with Gasteiger partial charge >= 0.3 is 6.80 Å². The molecule has 0 bridgehead atoms. The van der Waals surface area contributed by atoms with Crippen LogP contribution in [0.5, 0.6) is 0 Å². The lowest BCUT2D eigenvalue weighted by Crippen LogP contribution is -1.99. The van der Waals surface area contributed by atoms with Gasteiger partial charge in [0.2, 0.25) is 0 Å². The Bertz CT molecular complexity index is 440. The van der Waals surface area contributed by atoms with E-state index in [0.717, 1.165) is 24.8 Å². The Morgan fingerprint density at radius 3 is 2.38 bits per heavy atom. The summed E-state index contributed by atoms with van der Waals surface area (Å²) in [5.74, 6) is 0. The van der Waals surface area contributed by atoms with Crippen LogP contribution in [0.4, 0.5) is 0 Å². The van der Waals surface area contributed by atoms with Crippen LogP contribution in [0.1, 0.15) is 43.9 Å². The van der Waals surface area contributed by atoms with Crippen LogP contribution in [-0.4, -0.2) is 13.2 Å². The van der Waals surface area contributed by atoms with Crippen LogP contribution in [0.15, 0.2) is 43.0 Å². The number of unbranched alkanes of at least 4 members (excludes halogenated alkanes) is 1. The van der Waals surface area contributed by atoms with E-state index < -0.39 is 6.80 Å². The molecule has 1 unspecified atom stereocenters. The molecule has 0 saturated heterocycles. The summed E-state index contributed by atoms with van der Waals surface area (Å²) in [6.45, 7) is 5.10. The fourth-order valence-electron chi connectivity index (χ4n) is 1.97. The predicted octanol–water partition coefficient (Wildman–Crippen LogP) is 6.00. The minimum atomic E-state index is -3.10. The van der Waals surface area contributed by atoms with Crippen LogP contribution in [0.2, 0.25) is 0 Å². The molecule has 1 aromatic carbocycles. The average molecular weight is 328 g/mol. The summed E-state index contributed by atoms with van der Waals surface area (Å²) < 4.78 is 23.5. The predicted molar refractivity (Wildman–Crippen MR) is 91.7 cm³/mol. The Morgan fingerprint density at radius 2 is 1.86 bits per heavy atom. The van der Waals surface area contributed by atoms with E-state index in [1.807, 2.05) is 38.1 Å². The first-order valence-corrected chi connectivity index (χ1v) is 10.4. The molecular weight excluding hydrogens is 303 g/mol. The van der Waals surface area contributed by atoms with Crippen LogP contribution >= 0.6 is 18.2 Å². The van der Waals surface area contributed by atoms with E-state index in [4.69, 9.17) is 9.05 Å². The van der Waals surface area contributed by atoms with Gasteiger partial charge in [-0.15, -0.1) is 6.58 Å². The third-order valence-electron chi connectivity index (χ3n) is 2.88. The topological polar surface area (TPSA) is 35.5 Å². The second-order valence-corrected chi connectivity index (χ2v) is 8.67. The van der Waals surface area contributed by atoms with E-state index in [2.05, 4.69) is 18.7 Å². The molecule has 0 N–H and O–H groups in total. The molecule has 5 heteroatoms. The Balaban J connectivity index is 2.84. The molecular formula is C16H25O3PS. The highest BCUT2D eigenvalue weighted by Crippen LogP contribution is 2.66. The molecule has 0 amide bonds. The molecule has 0 radical (unpaired) electrons. The Labute approximate surface area is 132 Å². The van der Waals surface area contributed by atoms with Crippen molar-refractivity contribution in [1.82, 2.24) is 0 Å². The van der Waals surface area contributed by atoms with Crippen molar-refractivity contribution in [1.29, 1.82) is 0 Å². The zero-order chi connectivity index (χ0) is 15.6. The van der Waals surface area contributed by atoms with Gasteiger partial charge in [0.15, 0.2) is 0 Å². The van der Waals surface area contributed by atoms with Crippen LogP contribution in [0.25, 0.3) is 0 Å². The van der Waals surface area contributed by atoms with Crippen LogP contribution in [0, 0.1) is 0 Å². The summed E-state index contributed by atoms with van der Waals surface area (Å²) >= 11 is 1.32. The van der Waals surface area contributed by atoms with Crippen LogP contribution in [-0.2, 0) is 13.6 Å². The molecule has 1 atom stereocenters. The van der Waals surface area contributed by atoms with Crippen molar-refractivity contribution in [3.8, 4) is 0 Å². The van der Waals surface area contributed by atoms with E-state index >= 15 is 0 Å². The average Bonchev–Trinajstić information content (AvgIpc) is 2.48. The lowest BCUT2D eigenvalue weighted by molar-refractivity contribution is 0.236. The number of allylic oxidation sites excluding steroid dienone is 1. The van der Waals surface area contributed by atoms with Gasteiger partial charge < -0.3 is 9.05 Å². The smallest absolute Gasteiger partial charge is 0.301 e. The number of rotatable bonds is 11. The first-order valence-electron chi connectivity index (χ1n) is 7.38. The molecule has 0 aliphatic heterocycles. The molecule has 118 valence electrons. The zero-order valence-electron chi connectivity index (χ0n) is 12.9. The lowest BCUT2D eigenvalue weighted by Gasteiger charge is -2.22. The molecule has 21 heavy (non-hydrogen) atoms. The SMILES string of the molecule is C=CCCCC(SP(=O)(OCC)OCC)c1ccccc1. The van der Waals surface area contributed by atoms with Crippen molar-refractivity contribution in [3.63, 3.8) is 0 Å². The van der Waals surface area contributed by atoms with Crippen molar-refractivity contribution < 1.29 is 13.6 Å². The highest BCUT2D eigenvalue weighted by atomic mass is 32.7. The normalized spacial score (nSPS) is 13.0. The number of benzene rings is 1. The van der Waals surface area contributed by atoms with Gasteiger partial charge in [-0.3, -0.25) is 0 Å². The zero-order valence-corrected chi connectivity index (χ0v) is 14.6. The molecule has 0 aliphatic rings. The molecule has 3 nitrogen and oxygen atoms in total. The summed E-state index contributed by atoms with van der Waals surface area (Å²) in [5, 5.41) is 0.107. The first-order chi connectivity index (χ1) is 10.1. The largest absolute Gasteiger partial charge is 0.389 e.